The minimum Gasteiger partial charge on any atom is -0.383 e. The first-order valence-electron chi connectivity index (χ1n) is 8.19. The maximum Gasteiger partial charge on any atom is 0.0639 e. The van der Waals surface area contributed by atoms with Crippen LogP contribution in [-0.2, 0) is 16.0 Å². The Morgan fingerprint density at radius 2 is 2.05 bits per heavy atom. The minimum atomic E-state index is 0.395. The van der Waals surface area contributed by atoms with Gasteiger partial charge >= 0.3 is 0 Å². The third-order valence-corrected chi connectivity index (χ3v) is 5.11. The molecule has 0 unspecified atom stereocenters. The van der Waals surface area contributed by atoms with E-state index in [4.69, 9.17) is 9.47 Å². The van der Waals surface area contributed by atoms with Crippen molar-refractivity contribution in [3.63, 3.8) is 0 Å². The highest BCUT2D eigenvalue weighted by molar-refractivity contribution is 5.11. The van der Waals surface area contributed by atoms with E-state index in [-0.39, 0.29) is 0 Å². The van der Waals surface area contributed by atoms with Crippen LogP contribution in [0.25, 0.3) is 0 Å². The van der Waals surface area contributed by atoms with Gasteiger partial charge in [-0.05, 0) is 24.1 Å². The van der Waals surface area contributed by atoms with Crippen LogP contribution in [0.15, 0.2) is 24.5 Å². The van der Waals surface area contributed by atoms with Crippen molar-refractivity contribution in [1.82, 2.24) is 14.8 Å². The first kappa shape index (κ1) is 15.9. The van der Waals surface area contributed by atoms with E-state index in [0.29, 0.717) is 18.1 Å². The SMILES string of the molecule is COCCN1C[C@@H]2[C@@H](OC)CCN(Cc3ccncc3)[C@@H]2C1. The molecule has 2 saturated heterocycles. The van der Waals surface area contributed by atoms with Crippen LogP contribution < -0.4 is 0 Å². The van der Waals surface area contributed by atoms with Gasteiger partial charge in [-0.25, -0.2) is 0 Å². The first-order valence-corrected chi connectivity index (χ1v) is 8.19. The van der Waals surface area contributed by atoms with Crippen molar-refractivity contribution in [2.24, 2.45) is 5.92 Å². The maximum atomic E-state index is 5.76. The number of likely N-dealkylation sites (tertiary alicyclic amines) is 2. The van der Waals surface area contributed by atoms with Gasteiger partial charge < -0.3 is 9.47 Å². The minimum absolute atomic E-state index is 0.395. The average molecular weight is 305 g/mol. The lowest BCUT2D eigenvalue weighted by molar-refractivity contribution is -0.0245. The molecule has 0 radical (unpaired) electrons. The molecule has 0 aliphatic carbocycles. The van der Waals surface area contributed by atoms with Gasteiger partial charge in [0.15, 0.2) is 0 Å². The van der Waals surface area contributed by atoms with E-state index in [1.54, 1.807) is 7.11 Å². The van der Waals surface area contributed by atoms with Crippen LogP contribution in [0.5, 0.6) is 0 Å². The van der Waals surface area contributed by atoms with Crippen LogP contribution in [0.2, 0.25) is 0 Å². The third-order valence-electron chi connectivity index (χ3n) is 5.11. The predicted octanol–water partition coefficient (Wildman–Crippen LogP) is 1.25. The molecule has 3 atom stereocenters. The Morgan fingerprint density at radius 1 is 1.23 bits per heavy atom. The molecule has 22 heavy (non-hydrogen) atoms. The number of fused-ring (bicyclic) bond motifs is 1. The molecular formula is C17H27N3O2. The van der Waals surface area contributed by atoms with Gasteiger partial charge in [-0.2, -0.15) is 0 Å². The highest BCUT2D eigenvalue weighted by atomic mass is 16.5. The molecule has 2 fully saturated rings. The van der Waals surface area contributed by atoms with E-state index in [2.05, 4.69) is 26.9 Å². The Morgan fingerprint density at radius 3 is 2.77 bits per heavy atom. The average Bonchev–Trinajstić information content (AvgIpc) is 2.99. The van der Waals surface area contributed by atoms with Gasteiger partial charge in [-0.1, -0.05) is 0 Å². The second kappa shape index (κ2) is 7.51. The topological polar surface area (TPSA) is 37.8 Å². The Labute approximate surface area is 133 Å². The van der Waals surface area contributed by atoms with Crippen LogP contribution in [-0.4, -0.2) is 73.9 Å². The smallest absolute Gasteiger partial charge is 0.0639 e. The van der Waals surface area contributed by atoms with E-state index in [1.165, 1.54) is 5.56 Å². The van der Waals surface area contributed by atoms with Crippen molar-refractivity contribution < 1.29 is 9.47 Å². The molecule has 0 saturated carbocycles. The molecule has 1 aromatic rings. The summed E-state index contributed by atoms with van der Waals surface area (Å²) in [6.07, 6.45) is 5.29. The van der Waals surface area contributed by atoms with Gasteiger partial charge in [0.25, 0.3) is 0 Å². The molecule has 5 nitrogen and oxygen atoms in total. The van der Waals surface area contributed by atoms with Gasteiger partial charge in [0.05, 0.1) is 12.7 Å². The highest BCUT2D eigenvalue weighted by Gasteiger charge is 2.43. The molecule has 2 aliphatic rings. The van der Waals surface area contributed by atoms with Crippen molar-refractivity contribution in [3.8, 4) is 0 Å². The fourth-order valence-corrected chi connectivity index (χ4v) is 3.93. The molecule has 122 valence electrons. The molecule has 1 aromatic heterocycles. The summed E-state index contributed by atoms with van der Waals surface area (Å²) < 4.78 is 11.0. The largest absolute Gasteiger partial charge is 0.383 e. The fourth-order valence-electron chi connectivity index (χ4n) is 3.93. The summed E-state index contributed by atoms with van der Waals surface area (Å²) in [4.78, 5) is 9.27. The fraction of sp³-hybridized carbons (Fsp3) is 0.706. The summed E-state index contributed by atoms with van der Waals surface area (Å²) in [6, 6.07) is 4.83. The van der Waals surface area contributed by atoms with Crippen LogP contribution in [0, 0.1) is 5.92 Å². The number of aromatic nitrogens is 1. The Hall–Kier alpha value is -1.01. The van der Waals surface area contributed by atoms with Gasteiger partial charge in [-0.3, -0.25) is 14.8 Å². The zero-order valence-corrected chi connectivity index (χ0v) is 13.6. The number of ether oxygens (including phenoxy) is 2. The summed E-state index contributed by atoms with van der Waals surface area (Å²) in [6.45, 7) is 6.20. The zero-order chi connectivity index (χ0) is 15.4. The van der Waals surface area contributed by atoms with Gasteiger partial charge in [-0.15, -0.1) is 0 Å². The van der Waals surface area contributed by atoms with Crippen LogP contribution >= 0.6 is 0 Å². The van der Waals surface area contributed by atoms with Gasteiger partial charge in [0.1, 0.15) is 0 Å². The maximum absolute atomic E-state index is 5.76. The molecule has 2 aliphatic heterocycles. The first-order chi connectivity index (χ1) is 10.8. The summed E-state index contributed by atoms with van der Waals surface area (Å²) in [5.74, 6) is 0.609. The molecule has 3 heterocycles. The Kier molecular flexibility index (Phi) is 5.41. The number of hydrogen-bond acceptors (Lipinski definition) is 5. The number of piperidine rings is 1. The molecule has 5 heteroatoms. The number of nitrogens with zero attached hydrogens (tertiary/aromatic N) is 3. The summed E-state index contributed by atoms with van der Waals surface area (Å²) in [5.41, 5.74) is 1.35. The van der Waals surface area contributed by atoms with Crippen molar-refractivity contribution >= 4 is 0 Å². The van der Waals surface area contributed by atoms with Gasteiger partial charge in [0, 0.05) is 71.3 Å². The molecule has 0 bridgehead atoms. The van der Waals surface area contributed by atoms with Gasteiger partial charge in [0.2, 0.25) is 0 Å². The van der Waals surface area contributed by atoms with E-state index >= 15 is 0 Å². The van der Waals surface area contributed by atoms with Crippen molar-refractivity contribution in [2.45, 2.75) is 25.1 Å². The normalized spacial score (nSPS) is 29.6. The lowest BCUT2D eigenvalue weighted by atomic mass is 9.88. The summed E-state index contributed by atoms with van der Waals surface area (Å²) in [5, 5.41) is 0. The number of hydrogen-bond donors (Lipinski definition) is 0. The molecule has 3 rings (SSSR count). The lowest BCUT2D eigenvalue weighted by Crippen LogP contribution is -2.50. The summed E-state index contributed by atoms with van der Waals surface area (Å²) in [7, 11) is 3.63. The molecular weight excluding hydrogens is 278 g/mol. The quantitative estimate of drug-likeness (QED) is 0.791. The standard InChI is InChI=1S/C17H27N3O2/c1-21-10-9-19-12-15-16(13-19)20(8-5-17(15)22-2)11-14-3-6-18-7-4-14/h3-4,6-7,15-17H,5,8-13H2,1-2H3/t15-,16+,17-/m0/s1. The van der Waals surface area contributed by atoms with Crippen molar-refractivity contribution in [1.29, 1.82) is 0 Å². The second-order valence-corrected chi connectivity index (χ2v) is 6.37. The number of rotatable bonds is 6. The van der Waals surface area contributed by atoms with E-state index in [1.807, 2.05) is 19.5 Å². The molecule has 0 aromatic carbocycles. The van der Waals surface area contributed by atoms with Crippen LogP contribution in [0.1, 0.15) is 12.0 Å². The van der Waals surface area contributed by atoms with E-state index in [9.17, 15) is 0 Å². The lowest BCUT2D eigenvalue weighted by Gasteiger charge is -2.41. The molecule has 0 N–H and O–H groups in total. The van der Waals surface area contributed by atoms with Crippen LogP contribution in [0.4, 0.5) is 0 Å². The van der Waals surface area contributed by atoms with Crippen molar-refractivity contribution in [2.75, 3.05) is 47.0 Å². The Balaban J connectivity index is 1.67. The number of pyridine rings is 1. The second-order valence-electron chi connectivity index (χ2n) is 6.37. The highest BCUT2D eigenvalue weighted by Crippen LogP contribution is 2.33. The predicted molar refractivity (Wildman–Crippen MR) is 85.7 cm³/mol. The number of methoxy groups -OCH3 is 2. The monoisotopic (exact) mass is 305 g/mol. The molecule has 0 amide bonds. The van der Waals surface area contributed by atoms with Crippen LogP contribution in [0.3, 0.4) is 0 Å². The Bertz CT molecular complexity index is 456. The third kappa shape index (κ3) is 3.49. The van der Waals surface area contributed by atoms with Crippen molar-refractivity contribution in [3.05, 3.63) is 30.1 Å². The zero-order valence-electron chi connectivity index (χ0n) is 13.6. The molecule has 0 spiro atoms. The van der Waals surface area contributed by atoms with E-state index < -0.39 is 0 Å². The summed E-state index contributed by atoms with van der Waals surface area (Å²) >= 11 is 0. The van der Waals surface area contributed by atoms with E-state index in [0.717, 1.165) is 45.8 Å².